The number of hydrogen-bond donors (Lipinski definition) is 2. The Kier molecular flexibility index (Phi) is 6.45. The second-order valence-corrected chi connectivity index (χ2v) is 6.03. The van der Waals surface area contributed by atoms with Crippen LogP contribution < -0.4 is 10.6 Å². The topological polar surface area (TPSA) is 69.2 Å². The van der Waals surface area contributed by atoms with Crippen molar-refractivity contribution in [3.8, 4) is 0 Å². The Hall–Kier alpha value is -1.34. The van der Waals surface area contributed by atoms with Crippen molar-refractivity contribution in [2.75, 3.05) is 53.4 Å². The van der Waals surface area contributed by atoms with Gasteiger partial charge in [0.1, 0.15) is 0 Å². The van der Waals surface area contributed by atoms with Gasteiger partial charge in [-0.2, -0.15) is 0 Å². The summed E-state index contributed by atoms with van der Waals surface area (Å²) >= 11 is 0. The van der Waals surface area contributed by atoms with E-state index in [1.165, 1.54) is 0 Å². The zero-order valence-electron chi connectivity index (χ0n) is 14.0. The third kappa shape index (κ3) is 4.84. The first kappa shape index (κ1) is 17.0. The molecule has 2 aliphatic rings. The van der Waals surface area contributed by atoms with Crippen molar-refractivity contribution >= 4 is 11.9 Å². The predicted octanol–water partition coefficient (Wildman–Crippen LogP) is -0.507. The van der Waals surface area contributed by atoms with Crippen LogP contribution in [-0.4, -0.2) is 87.2 Å². The number of morpholine rings is 1. The maximum Gasteiger partial charge on any atom is 0.222 e. The van der Waals surface area contributed by atoms with Crippen LogP contribution in [0.15, 0.2) is 4.99 Å². The van der Waals surface area contributed by atoms with Crippen LogP contribution in [0.25, 0.3) is 0 Å². The number of aliphatic imine (C=N–C) groups is 1. The Labute approximate surface area is 133 Å². The number of amides is 1. The standard InChI is InChI=1S/C15H29N5O2/c1-4-14(21)20-6-5-12(10-20)18-15(16-2)17-9-13-11-19(3)7-8-22-13/h12-13H,4-11H2,1-3H3,(H2,16,17,18). The average Bonchev–Trinajstić information content (AvgIpc) is 2.99. The van der Waals surface area contributed by atoms with E-state index in [9.17, 15) is 4.79 Å². The Balaban J connectivity index is 1.72. The van der Waals surface area contributed by atoms with Gasteiger partial charge in [-0.05, 0) is 13.5 Å². The fourth-order valence-corrected chi connectivity index (χ4v) is 2.92. The lowest BCUT2D eigenvalue weighted by molar-refractivity contribution is -0.129. The molecule has 0 aliphatic carbocycles. The van der Waals surface area contributed by atoms with E-state index in [4.69, 9.17) is 4.74 Å². The first-order valence-electron chi connectivity index (χ1n) is 8.17. The summed E-state index contributed by atoms with van der Waals surface area (Å²) in [5.41, 5.74) is 0. The summed E-state index contributed by atoms with van der Waals surface area (Å²) in [6.07, 6.45) is 1.74. The van der Waals surface area contributed by atoms with Gasteiger partial charge < -0.3 is 25.2 Å². The van der Waals surface area contributed by atoms with Crippen molar-refractivity contribution in [2.45, 2.75) is 31.9 Å². The molecule has 1 amide bonds. The molecule has 2 rings (SSSR count). The van der Waals surface area contributed by atoms with Crippen LogP contribution in [0.1, 0.15) is 19.8 Å². The van der Waals surface area contributed by atoms with Crippen molar-refractivity contribution in [1.29, 1.82) is 0 Å². The molecule has 0 spiro atoms. The van der Waals surface area contributed by atoms with Gasteiger partial charge >= 0.3 is 0 Å². The molecule has 0 aromatic rings. The van der Waals surface area contributed by atoms with E-state index in [-0.39, 0.29) is 18.1 Å². The maximum absolute atomic E-state index is 11.7. The molecule has 7 nitrogen and oxygen atoms in total. The molecule has 2 aliphatic heterocycles. The summed E-state index contributed by atoms with van der Waals surface area (Å²) in [5.74, 6) is 1.01. The molecular weight excluding hydrogens is 282 g/mol. The highest BCUT2D eigenvalue weighted by atomic mass is 16.5. The van der Waals surface area contributed by atoms with Gasteiger partial charge in [0.2, 0.25) is 5.91 Å². The quantitative estimate of drug-likeness (QED) is 0.541. The summed E-state index contributed by atoms with van der Waals surface area (Å²) in [4.78, 5) is 20.2. The molecule has 0 saturated carbocycles. The summed E-state index contributed by atoms with van der Waals surface area (Å²) in [6.45, 7) is 6.96. The second-order valence-electron chi connectivity index (χ2n) is 6.03. The smallest absolute Gasteiger partial charge is 0.222 e. The van der Waals surface area contributed by atoms with E-state index in [0.717, 1.165) is 51.7 Å². The Morgan fingerprint density at radius 1 is 1.36 bits per heavy atom. The SMILES string of the molecule is CCC(=O)N1CCC(NC(=NC)NCC2CN(C)CCO2)C1. The van der Waals surface area contributed by atoms with Gasteiger partial charge in [0, 0.05) is 52.2 Å². The number of rotatable bonds is 4. The fraction of sp³-hybridized carbons (Fsp3) is 0.867. The number of nitrogens with one attached hydrogen (secondary N) is 2. The number of likely N-dealkylation sites (N-methyl/N-ethyl adjacent to an activating group) is 1. The zero-order valence-corrected chi connectivity index (χ0v) is 14.0. The van der Waals surface area contributed by atoms with Crippen LogP contribution in [-0.2, 0) is 9.53 Å². The number of hydrogen-bond acceptors (Lipinski definition) is 4. The van der Waals surface area contributed by atoms with Crippen LogP contribution in [0.2, 0.25) is 0 Å². The lowest BCUT2D eigenvalue weighted by Gasteiger charge is -2.30. The highest BCUT2D eigenvalue weighted by Crippen LogP contribution is 2.10. The first-order valence-corrected chi connectivity index (χ1v) is 8.17. The monoisotopic (exact) mass is 311 g/mol. The zero-order chi connectivity index (χ0) is 15.9. The van der Waals surface area contributed by atoms with Crippen LogP contribution >= 0.6 is 0 Å². The number of likely N-dealkylation sites (tertiary alicyclic amines) is 1. The molecule has 2 unspecified atom stereocenters. The molecule has 0 aromatic carbocycles. The van der Waals surface area contributed by atoms with E-state index >= 15 is 0 Å². The summed E-state index contributed by atoms with van der Waals surface area (Å²) in [6, 6.07) is 0.275. The van der Waals surface area contributed by atoms with Gasteiger partial charge in [-0.25, -0.2) is 0 Å². The third-order valence-corrected chi connectivity index (χ3v) is 4.25. The Bertz CT molecular complexity index is 401. The van der Waals surface area contributed by atoms with Crippen molar-refractivity contribution in [1.82, 2.24) is 20.4 Å². The van der Waals surface area contributed by atoms with Crippen molar-refractivity contribution < 1.29 is 9.53 Å². The van der Waals surface area contributed by atoms with E-state index in [1.54, 1.807) is 7.05 Å². The molecule has 0 aromatic heterocycles. The number of guanidine groups is 1. The molecule has 2 saturated heterocycles. The number of nitrogens with zero attached hydrogens (tertiary/aromatic N) is 3. The first-order chi connectivity index (χ1) is 10.6. The number of ether oxygens (including phenoxy) is 1. The molecule has 0 bridgehead atoms. The lowest BCUT2D eigenvalue weighted by Crippen LogP contribution is -2.50. The summed E-state index contributed by atoms with van der Waals surface area (Å²) < 4.78 is 5.74. The number of carbonyl (C=O) groups is 1. The molecule has 2 heterocycles. The molecule has 22 heavy (non-hydrogen) atoms. The van der Waals surface area contributed by atoms with Crippen LogP contribution in [0.4, 0.5) is 0 Å². The Morgan fingerprint density at radius 2 is 2.18 bits per heavy atom. The van der Waals surface area contributed by atoms with Crippen LogP contribution in [0, 0.1) is 0 Å². The average molecular weight is 311 g/mol. The van der Waals surface area contributed by atoms with E-state index < -0.39 is 0 Å². The normalized spacial score (nSPS) is 27.0. The highest BCUT2D eigenvalue weighted by Gasteiger charge is 2.26. The van der Waals surface area contributed by atoms with E-state index in [0.29, 0.717) is 6.42 Å². The maximum atomic E-state index is 11.7. The highest BCUT2D eigenvalue weighted by molar-refractivity contribution is 5.80. The largest absolute Gasteiger partial charge is 0.374 e. The van der Waals surface area contributed by atoms with Crippen molar-refractivity contribution in [2.24, 2.45) is 4.99 Å². The van der Waals surface area contributed by atoms with Gasteiger partial charge in [0.25, 0.3) is 0 Å². The molecule has 0 radical (unpaired) electrons. The minimum Gasteiger partial charge on any atom is -0.374 e. The molecule has 2 N–H and O–H groups in total. The molecule has 2 atom stereocenters. The van der Waals surface area contributed by atoms with Crippen LogP contribution in [0.3, 0.4) is 0 Å². The minimum atomic E-state index is 0.194. The second kappa shape index (κ2) is 8.33. The third-order valence-electron chi connectivity index (χ3n) is 4.25. The van der Waals surface area contributed by atoms with Crippen molar-refractivity contribution in [3.63, 3.8) is 0 Å². The Morgan fingerprint density at radius 3 is 2.86 bits per heavy atom. The summed E-state index contributed by atoms with van der Waals surface area (Å²) in [7, 11) is 3.88. The van der Waals surface area contributed by atoms with Gasteiger partial charge in [0.05, 0.1) is 12.7 Å². The molecule has 126 valence electrons. The fourth-order valence-electron chi connectivity index (χ4n) is 2.92. The number of carbonyl (C=O) groups excluding carboxylic acids is 1. The van der Waals surface area contributed by atoms with Gasteiger partial charge in [-0.1, -0.05) is 6.92 Å². The summed E-state index contributed by atoms with van der Waals surface area (Å²) in [5, 5.41) is 6.73. The minimum absolute atomic E-state index is 0.194. The molecular formula is C15H29N5O2. The van der Waals surface area contributed by atoms with E-state index in [1.807, 2.05) is 11.8 Å². The van der Waals surface area contributed by atoms with Crippen LogP contribution in [0.5, 0.6) is 0 Å². The lowest BCUT2D eigenvalue weighted by atomic mass is 10.2. The van der Waals surface area contributed by atoms with Gasteiger partial charge in [0.15, 0.2) is 5.96 Å². The van der Waals surface area contributed by atoms with Gasteiger partial charge in [-0.15, -0.1) is 0 Å². The molecule has 7 heteroatoms. The van der Waals surface area contributed by atoms with Gasteiger partial charge in [-0.3, -0.25) is 9.79 Å². The molecule has 2 fully saturated rings. The van der Waals surface area contributed by atoms with E-state index in [2.05, 4.69) is 27.6 Å². The van der Waals surface area contributed by atoms with Crippen molar-refractivity contribution in [3.05, 3.63) is 0 Å². The predicted molar refractivity (Wildman–Crippen MR) is 87.0 cm³/mol.